The molecule has 1 aromatic heterocycles. The summed E-state index contributed by atoms with van der Waals surface area (Å²) in [6, 6.07) is 2.61. The molecule has 0 amide bonds. The first kappa shape index (κ1) is 11.3. The van der Waals surface area contributed by atoms with Gasteiger partial charge in [0.05, 0.1) is 19.5 Å². The predicted molar refractivity (Wildman–Crippen MR) is 64.7 cm³/mol. The standard InChI is InChI=1S/C13H20N2O2/c14-9-10-7-12(15-2-5-16-6-3-15)11-1-4-17-13(11)8-10/h1,4,10,12H,2-3,5-9,14H2. The minimum atomic E-state index is 0.481. The van der Waals surface area contributed by atoms with Crippen molar-refractivity contribution in [3.63, 3.8) is 0 Å². The third kappa shape index (κ3) is 2.12. The van der Waals surface area contributed by atoms with Crippen LogP contribution in [0.4, 0.5) is 0 Å². The molecule has 0 bridgehead atoms. The molecule has 2 unspecified atom stereocenters. The molecule has 1 aliphatic heterocycles. The Labute approximate surface area is 102 Å². The van der Waals surface area contributed by atoms with Crippen LogP contribution in [0, 0.1) is 5.92 Å². The minimum absolute atomic E-state index is 0.481. The van der Waals surface area contributed by atoms with Crippen molar-refractivity contribution in [3.8, 4) is 0 Å². The average Bonchev–Trinajstić information content (AvgIpc) is 2.86. The van der Waals surface area contributed by atoms with Gasteiger partial charge in [-0.15, -0.1) is 0 Å². The number of ether oxygens (including phenoxy) is 1. The first-order valence-corrected chi connectivity index (χ1v) is 6.46. The van der Waals surface area contributed by atoms with Crippen molar-refractivity contribution in [2.75, 3.05) is 32.8 Å². The lowest BCUT2D eigenvalue weighted by molar-refractivity contribution is 0.00803. The summed E-state index contributed by atoms with van der Waals surface area (Å²) < 4.78 is 11.0. The fourth-order valence-corrected chi connectivity index (χ4v) is 3.02. The quantitative estimate of drug-likeness (QED) is 0.837. The molecule has 2 N–H and O–H groups in total. The van der Waals surface area contributed by atoms with Crippen LogP contribution in [-0.4, -0.2) is 37.7 Å². The van der Waals surface area contributed by atoms with E-state index < -0.39 is 0 Å². The molecule has 2 atom stereocenters. The van der Waals surface area contributed by atoms with Crippen molar-refractivity contribution in [1.82, 2.24) is 4.90 Å². The van der Waals surface area contributed by atoms with Gasteiger partial charge in [-0.3, -0.25) is 4.90 Å². The van der Waals surface area contributed by atoms with E-state index in [1.54, 1.807) is 0 Å². The minimum Gasteiger partial charge on any atom is -0.469 e. The second-order valence-corrected chi connectivity index (χ2v) is 5.00. The van der Waals surface area contributed by atoms with E-state index in [2.05, 4.69) is 11.0 Å². The Morgan fingerprint density at radius 2 is 2.18 bits per heavy atom. The molecule has 1 fully saturated rings. The van der Waals surface area contributed by atoms with Gasteiger partial charge in [-0.25, -0.2) is 0 Å². The zero-order chi connectivity index (χ0) is 11.7. The number of morpholine rings is 1. The zero-order valence-corrected chi connectivity index (χ0v) is 10.1. The lowest BCUT2D eigenvalue weighted by atomic mass is 9.84. The van der Waals surface area contributed by atoms with Crippen molar-refractivity contribution < 1.29 is 9.15 Å². The monoisotopic (exact) mass is 236 g/mol. The highest BCUT2D eigenvalue weighted by atomic mass is 16.5. The van der Waals surface area contributed by atoms with E-state index in [0.717, 1.165) is 51.4 Å². The summed E-state index contributed by atoms with van der Waals surface area (Å²) in [6.45, 7) is 4.48. The molecule has 1 aliphatic carbocycles. The van der Waals surface area contributed by atoms with Crippen LogP contribution in [0.3, 0.4) is 0 Å². The fraction of sp³-hybridized carbons (Fsp3) is 0.692. The van der Waals surface area contributed by atoms with E-state index >= 15 is 0 Å². The fourth-order valence-electron chi connectivity index (χ4n) is 3.02. The van der Waals surface area contributed by atoms with Gasteiger partial charge in [0.1, 0.15) is 5.76 Å². The van der Waals surface area contributed by atoms with Crippen molar-refractivity contribution >= 4 is 0 Å². The molecular formula is C13H20N2O2. The summed E-state index contributed by atoms with van der Waals surface area (Å²) in [4.78, 5) is 2.51. The Balaban J connectivity index is 1.83. The van der Waals surface area contributed by atoms with E-state index in [9.17, 15) is 0 Å². The molecule has 2 heterocycles. The summed E-state index contributed by atoms with van der Waals surface area (Å²) in [5.74, 6) is 1.70. The Bertz CT molecular complexity index is 371. The summed E-state index contributed by atoms with van der Waals surface area (Å²) in [5.41, 5.74) is 7.21. The van der Waals surface area contributed by atoms with Gasteiger partial charge in [0.15, 0.2) is 0 Å². The van der Waals surface area contributed by atoms with Gasteiger partial charge in [0.25, 0.3) is 0 Å². The highest BCUT2D eigenvalue weighted by Gasteiger charge is 2.32. The molecule has 0 aromatic carbocycles. The first-order chi connectivity index (χ1) is 8.38. The van der Waals surface area contributed by atoms with Crippen LogP contribution in [0.2, 0.25) is 0 Å². The van der Waals surface area contributed by atoms with Crippen LogP contribution in [0.1, 0.15) is 23.8 Å². The van der Waals surface area contributed by atoms with Gasteiger partial charge in [-0.2, -0.15) is 0 Å². The molecule has 17 heavy (non-hydrogen) atoms. The van der Waals surface area contributed by atoms with E-state index in [1.165, 1.54) is 5.56 Å². The number of hydrogen-bond acceptors (Lipinski definition) is 4. The van der Waals surface area contributed by atoms with Crippen LogP contribution in [0.25, 0.3) is 0 Å². The Morgan fingerprint density at radius 3 is 2.94 bits per heavy atom. The van der Waals surface area contributed by atoms with Crippen LogP contribution >= 0.6 is 0 Å². The van der Waals surface area contributed by atoms with Gasteiger partial charge in [-0.1, -0.05) is 0 Å². The maximum atomic E-state index is 5.84. The number of nitrogens with two attached hydrogens (primary N) is 1. The third-order valence-electron chi connectivity index (χ3n) is 3.99. The molecular weight excluding hydrogens is 216 g/mol. The van der Waals surface area contributed by atoms with Crippen LogP contribution in [0.5, 0.6) is 0 Å². The number of fused-ring (bicyclic) bond motifs is 1. The normalized spacial score (nSPS) is 30.2. The van der Waals surface area contributed by atoms with Crippen molar-refractivity contribution in [2.45, 2.75) is 18.9 Å². The van der Waals surface area contributed by atoms with E-state index in [-0.39, 0.29) is 0 Å². The van der Waals surface area contributed by atoms with Gasteiger partial charge in [-0.05, 0) is 24.9 Å². The molecule has 94 valence electrons. The Morgan fingerprint density at radius 1 is 1.35 bits per heavy atom. The molecule has 4 heteroatoms. The topological polar surface area (TPSA) is 51.6 Å². The smallest absolute Gasteiger partial charge is 0.108 e. The predicted octanol–water partition coefficient (Wildman–Crippen LogP) is 1.17. The second kappa shape index (κ2) is 4.80. The van der Waals surface area contributed by atoms with Crippen molar-refractivity contribution in [1.29, 1.82) is 0 Å². The van der Waals surface area contributed by atoms with Crippen LogP contribution in [-0.2, 0) is 11.2 Å². The highest BCUT2D eigenvalue weighted by molar-refractivity contribution is 5.25. The molecule has 4 nitrogen and oxygen atoms in total. The molecule has 3 rings (SSSR count). The molecule has 1 aromatic rings. The summed E-state index contributed by atoms with van der Waals surface area (Å²) in [5, 5.41) is 0. The van der Waals surface area contributed by atoms with Gasteiger partial charge in [0.2, 0.25) is 0 Å². The highest BCUT2D eigenvalue weighted by Crippen LogP contribution is 2.37. The van der Waals surface area contributed by atoms with Crippen LogP contribution in [0.15, 0.2) is 16.7 Å². The summed E-state index contributed by atoms with van der Waals surface area (Å²) >= 11 is 0. The number of rotatable bonds is 2. The number of furan rings is 1. The lowest BCUT2D eigenvalue weighted by Gasteiger charge is -2.38. The number of hydrogen-bond donors (Lipinski definition) is 1. The van der Waals surface area contributed by atoms with E-state index in [4.69, 9.17) is 14.9 Å². The SMILES string of the molecule is NCC1Cc2occc2C(N2CCOCC2)C1. The second-order valence-electron chi connectivity index (χ2n) is 5.00. The zero-order valence-electron chi connectivity index (χ0n) is 10.1. The molecule has 1 saturated heterocycles. The maximum Gasteiger partial charge on any atom is 0.108 e. The molecule has 0 spiro atoms. The van der Waals surface area contributed by atoms with Crippen molar-refractivity contribution in [2.24, 2.45) is 11.7 Å². The van der Waals surface area contributed by atoms with Crippen molar-refractivity contribution in [3.05, 3.63) is 23.7 Å². The first-order valence-electron chi connectivity index (χ1n) is 6.46. The largest absolute Gasteiger partial charge is 0.469 e. The van der Waals surface area contributed by atoms with Gasteiger partial charge in [0, 0.05) is 31.1 Å². The summed E-state index contributed by atoms with van der Waals surface area (Å²) in [7, 11) is 0. The van der Waals surface area contributed by atoms with E-state index in [0.29, 0.717) is 12.0 Å². The average molecular weight is 236 g/mol. The molecule has 0 saturated carbocycles. The molecule has 2 aliphatic rings. The third-order valence-corrected chi connectivity index (χ3v) is 3.99. The Kier molecular flexibility index (Phi) is 3.18. The van der Waals surface area contributed by atoms with E-state index in [1.807, 2.05) is 6.26 Å². The Hall–Kier alpha value is -0.840. The van der Waals surface area contributed by atoms with Gasteiger partial charge >= 0.3 is 0 Å². The maximum absolute atomic E-state index is 5.84. The summed E-state index contributed by atoms with van der Waals surface area (Å²) in [6.07, 6.45) is 3.97. The number of nitrogens with zero attached hydrogens (tertiary/aromatic N) is 1. The van der Waals surface area contributed by atoms with Crippen LogP contribution < -0.4 is 5.73 Å². The lowest BCUT2D eigenvalue weighted by Crippen LogP contribution is -2.42. The van der Waals surface area contributed by atoms with Gasteiger partial charge < -0.3 is 14.9 Å². The molecule has 0 radical (unpaired) electrons.